The predicted molar refractivity (Wildman–Crippen MR) is 104 cm³/mol. The van der Waals surface area contributed by atoms with Crippen LogP contribution in [0.4, 0.5) is 0 Å². The second-order valence-electron chi connectivity index (χ2n) is 5.76. The van der Waals surface area contributed by atoms with Crippen LogP contribution in [0, 0.1) is 0 Å². The van der Waals surface area contributed by atoms with Gasteiger partial charge in [0.2, 0.25) is 0 Å². The lowest BCUT2D eigenvalue weighted by atomic mass is 10.0. The molecule has 0 heterocycles. The van der Waals surface area contributed by atoms with Gasteiger partial charge in [-0.25, -0.2) is 0 Å². The van der Waals surface area contributed by atoms with Crippen LogP contribution in [-0.4, -0.2) is 35.2 Å². The standard InChI is InChI=1S/C19H25NO2S.ClH/c1-14(12-15-6-4-3-5-7-15)20-18(13-21)19(22)16-8-10-17(23-2)11-9-16;/h3-11,14,18-22H,12-13H2,1-2H3;1H. The fourth-order valence-electron chi connectivity index (χ4n) is 2.67. The minimum absolute atomic E-state index is 0. The van der Waals surface area contributed by atoms with E-state index >= 15 is 0 Å². The second-order valence-corrected chi connectivity index (χ2v) is 6.64. The molecule has 3 nitrogen and oxygen atoms in total. The van der Waals surface area contributed by atoms with E-state index in [0.717, 1.165) is 16.9 Å². The molecule has 0 fully saturated rings. The van der Waals surface area contributed by atoms with E-state index in [1.165, 1.54) is 5.56 Å². The number of hydrogen-bond donors (Lipinski definition) is 3. The normalized spacial score (nSPS) is 14.5. The molecule has 3 atom stereocenters. The summed E-state index contributed by atoms with van der Waals surface area (Å²) >= 11 is 1.67. The number of hydrogen-bond acceptors (Lipinski definition) is 4. The lowest BCUT2D eigenvalue weighted by Crippen LogP contribution is -2.44. The molecule has 24 heavy (non-hydrogen) atoms. The van der Waals surface area contributed by atoms with Crippen molar-refractivity contribution in [2.45, 2.75) is 36.4 Å². The van der Waals surface area contributed by atoms with Gasteiger partial charge in [-0.1, -0.05) is 42.5 Å². The summed E-state index contributed by atoms with van der Waals surface area (Å²) in [5, 5.41) is 23.5. The fourth-order valence-corrected chi connectivity index (χ4v) is 3.08. The number of rotatable bonds is 8. The number of nitrogens with one attached hydrogen (secondary N) is 1. The van der Waals surface area contributed by atoms with E-state index in [9.17, 15) is 10.2 Å². The Morgan fingerprint density at radius 2 is 1.67 bits per heavy atom. The Kier molecular flexibility index (Phi) is 9.41. The van der Waals surface area contributed by atoms with Crippen molar-refractivity contribution in [3.05, 3.63) is 65.7 Å². The molecule has 5 heteroatoms. The van der Waals surface area contributed by atoms with Gasteiger partial charge in [0.1, 0.15) is 0 Å². The number of thioether (sulfide) groups is 1. The minimum atomic E-state index is -0.728. The minimum Gasteiger partial charge on any atom is -0.395 e. The number of halogens is 1. The summed E-state index contributed by atoms with van der Waals surface area (Å²) in [6, 6.07) is 17.8. The Bertz CT molecular complexity index is 580. The van der Waals surface area contributed by atoms with Gasteiger partial charge in [0.15, 0.2) is 0 Å². The molecule has 0 radical (unpaired) electrons. The molecule has 2 rings (SSSR count). The van der Waals surface area contributed by atoms with E-state index in [2.05, 4.69) is 24.4 Å². The van der Waals surface area contributed by atoms with Crippen LogP contribution < -0.4 is 5.32 Å². The van der Waals surface area contributed by atoms with Gasteiger partial charge in [-0.15, -0.1) is 24.2 Å². The summed E-state index contributed by atoms with van der Waals surface area (Å²) in [5.41, 5.74) is 2.06. The molecule has 3 unspecified atom stereocenters. The maximum atomic E-state index is 10.5. The van der Waals surface area contributed by atoms with Crippen molar-refractivity contribution >= 4 is 24.2 Å². The molecule has 0 amide bonds. The van der Waals surface area contributed by atoms with Gasteiger partial charge in [-0.2, -0.15) is 0 Å². The number of aliphatic hydroxyl groups excluding tert-OH is 2. The van der Waals surface area contributed by atoms with Crippen LogP contribution in [0.5, 0.6) is 0 Å². The maximum Gasteiger partial charge on any atom is 0.0965 e. The number of aliphatic hydroxyl groups is 2. The van der Waals surface area contributed by atoms with Crippen molar-refractivity contribution in [3.8, 4) is 0 Å². The topological polar surface area (TPSA) is 52.5 Å². The fraction of sp³-hybridized carbons (Fsp3) is 0.368. The van der Waals surface area contributed by atoms with E-state index in [1.807, 2.05) is 48.7 Å². The maximum absolute atomic E-state index is 10.5. The van der Waals surface area contributed by atoms with Gasteiger partial charge >= 0.3 is 0 Å². The molecule has 0 saturated heterocycles. The zero-order valence-electron chi connectivity index (χ0n) is 14.1. The predicted octanol–water partition coefficient (Wildman–Crippen LogP) is 3.45. The SMILES string of the molecule is CSc1ccc(C(O)C(CO)NC(C)Cc2ccccc2)cc1.Cl. The van der Waals surface area contributed by atoms with Crippen LogP contribution in [0.2, 0.25) is 0 Å². The van der Waals surface area contributed by atoms with Gasteiger partial charge in [0.05, 0.1) is 18.8 Å². The Labute approximate surface area is 154 Å². The van der Waals surface area contributed by atoms with E-state index in [4.69, 9.17) is 0 Å². The molecule has 0 spiro atoms. The van der Waals surface area contributed by atoms with Crippen LogP contribution in [0.25, 0.3) is 0 Å². The summed E-state index contributed by atoms with van der Waals surface area (Å²) in [6.07, 6.45) is 2.15. The molecular formula is C19H26ClNO2S. The van der Waals surface area contributed by atoms with E-state index < -0.39 is 6.10 Å². The highest BCUT2D eigenvalue weighted by Gasteiger charge is 2.21. The smallest absolute Gasteiger partial charge is 0.0965 e. The molecule has 2 aromatic rings. The molecule has 0 aromatic heterocycles. The quantitative estimate of drug-likeness (QED) is 0.625. The highest BCUT2D eigenvalue weighted by Crippen LogP contribution is 2.21. The second kappa shape index (κ2) is 10.7. The Hall–Kier alpha value is -1.04. The Morgan fingerprint density at radius 1 is 1.04 bits per heavy atom. The third-order valence-corrected chi connectivity index (χ3v) is 4.66. The highest BCUT2D eigenvalue weighted by atomic mass is 35.5. The van der Waals surface area contributed by atoms with Gasteiger partial charge in [0.25, 0.3) is 0 Å². The summed E-state index contributed by atoms with van der Waals surface area (Å²) in [7, 11) is 0. The summed E-state index contributed by atoms with van der Waals surface area (Å²) < 4.78 is 0. The first-order chi connectivity index (χ1) is 11.1. The van der Waals surface area contributed by atoms with E-state index in [1.54, 1.807) is 11.8 Å². The Balaban J connectivity index is 0.00000288. The van der Waals surface area contributed by atoms with Crippen LogP contribution >= 0.6 is 24.2 Å². The van der Waals surface area contributed by atoms with Gasteiger partial charge in [-0.05, 0) is 42.9 Å². The molecule has 0 aliphatic heterocycles. The number of benzene rings is 2. The zero-order valence-corrected chi connectivity index (χ0v) is 15.7. The van der Waals surface area contributed by atoms with Crippen LogP contribution in [0.3, 0.4) is 0 Å². The van der Waals surface area contributed by atoms with Crippen molar-refractivity contribution in [1.29, 1.82) is 0 Å². The molecule has 0 bridgehead atoms. The first-order valence-corrected chi connectivity index (χ1v) is 9.09. The Morgan fingerprint density at radius 3 is 2.21 bits per heavy atom. The molecule has 0 saturated carbocycles. The summed E-state index contributed by atoms with van der Waals surface area (Å²) in [6.45, 7) is 1.96. The molecule has 132 valence electrons. The van der Waals surface area contributed by atoms with Crippen molar-refractivity contribution < 1.29 is 10.2 Å². The van der Waals surface area contributed by atoms with Crippen molar-refractivity contribution in [3.63, 3.8) is 0 Å². The first-order valence-electron chi connectivity index (χ1n) is 7.87. The molecule has 3 N–H and O–H groups in total. The van der Waals surface area contributed by atoms with Crippen LogP contribution in [0.15, 0.2) is 59.5 Å². The third kappa shape index (κ3) is 6.11. The largest absolute Gasteiger partial charge is 0.395 e. The molecular weight excluding hydrogens is 342 g/mol. The van der Waals surface area contributed by atoms with E-state index in [0.29, 0.717) is 0 Å². The third-order valence-electron chi connectivity index (χ3n) is 3.92. The van der Waals surface area contributed by atoms with Gasteiger partial charge in [0, 0.05) is 10.9 Å². The summed E-state index contributed by atoms with van der Waals surface area (Å²) in [4.78, 5) is 1.16. The van der Waals surface area contributed by atoms with Crippen LogP contribution in [-0.2, 0) is 6.42 Å². The average Bonchev–Trinajstić information content (AvgIpc) is 2.60. The average molecular weight is 368 g/mol. The van der Waals surface area contributed by atoms with Crippen molar-refractivity contribution in [1.82, 2.24) is 5.32 Å². The van der Waals surface area contributed by atoms with Crippen molar-refractivity contribution in [2.24, 2.45) is 0 Å². The molecule has 0 aliphatic rings. The van der Waals surface area contributed by atoms with Crippen molar-refractivity contribution in [2.75, 3.05) is 12.9 Å². The monoisotopic (exact) mass is 367 g/mol. The first kappa shape index (κ1) is 21.0. The molecule has 0 aliphatic carbocycles. The lowest BCUT2D eigenvalue weighted by molar-refractivity contribution is 0.0844. The zero-order chi connectivity index (χ0) is 16.7. The highest BCUT2D eigenvalue weighted by molar-refractivity contribution is 7.98. The van der Waals surface area contributed by atoms with E-state index in [-0.39, 0.29) is 31.1 Å². The van der Waals surface area contributed by atoms with Gasteiger partial charge < -0.3 is 15.5 Å². The van der Waals surface area contributed by atoms with Crippen LogP contribution in [0.1, 0.15) is 24.2 Å². The lowest BCUT2D eigenvalue weighted by Gasteiger charge is -2.26. The molecule has 2 aromatic carbocycles. The van der Waals surface area contributed by atoms with Gasteiger partial charge in [-0.3, -0.25) is 0 Å². The summed E-state index contributed by atoms with van der Waals surface area (Å²) in [5.74, 6) is 0.